The maximum Gasteiger partial charge on any atom is 0.264 e. The molecular formula is C11H16N4O2. The van der Waals surface area contributed by atoms with E-state index in [9.17, 15) is 10.1 Å². The largest absolute Gasteiger partial charge is 0.369 e. The summed E-state index contributed by atoms with van der Waals surface area (Å²) in [6.45, 7) is 8.60. The van der Waals surface area contributed by atoms with Crippen LogP contribution >= 0.6 is 0 Å². The third kappa shape index (κ3) is 3.75. The van der Waals surface area contributed by atoms with Crippen LogP contribution in [-0.2, 0) is 6.54 Å². The average Bonchev–Trinajstić information content (AvgIpc) is 2.78. The fraction of sp³-hybridized carbons (Fsp3) is 0.364. The Morgan fingerprint density at radius 2 is 2.47 bits per heavy atom. The van der Waals surface area contributed by atoms with E-state index in [-0.39, 0.29) is 5.70 Å². The van der Waals surface area contributed by atoms with Crippen molar-refractivity contribution >= 4 is 0 Å². The fourth-order valence-corrected chi connectivity index (χ4v) is 1.45. The number of nitrogens with one attached hydrogen (secondary N) is 1. The van der Waals surface area contributed by atoms with Crippen molar-refractivity contribution in [3.63, 3.8) is 0 Å². The summed E-state index contributed by atoms with van der Waals surface area (Å²) in [5, 5.41) is 10.5. The molecule has 0 saturated carbocycles. The molecule has 0 fully saturated rings. The average molecular weight is 236 g/mol. The number of nitrogens with zero attached hydrogens (tertiary/aromatic N) is 3. The lowest BCUT2D eigenvalue weighted by Crippen LogP contribution is -2.21. The van der Waals surface area contributed by atoms with E-state index in [1.54, 1.807) is 12.5 Å². The molecule has 1 heterocycles. The maximum atomic E-state index is 10.5. The zero-order valence-electron chi connectivity index (χ0n) is 10.0. The molecule has 1 rings (SSSR count). The molecule has 0 aromatic carbocycles. The van der Waals surface area contributed by atoms with E-state index in [1.807, 2.05) is 18.7 Å². The normalized spacial score (nSPS) is 11.3. The van der Waals surface area contributed by atoms with E-state index in [0.717, 1.165) is 17.9 Å². The SMILES string of the molecule is C=C(/C=C(\C)N(CC)Cc1cnc[nH]1)[N+](=O)[O-]. The van der Waals surface area contributed by atoms with Crippen molar-refractivity contribution in [3.05, 3.63) is 52.4 Å². The highest BCUT2D eigenvalue weighted by atomic mass is 16.6. The predicted octanol–water partition coefficient (Wildman–Crippen LogP) is 1.93. The number of H-pyrrole nitrogens is 1. The monoisotopic (exact) mass is 236 g/mol. The van der Waals surface area contributed by atoms with Crippen LogP contribution in [0.2, 0.25) is 0 Å². The Balaban J connectivity index is 2.73. The van der Waals surface area contributed by atoms with Crippen molar-refractivity contribution in [2.45, 2.75) is 20.4 Å². The molecule has 0 saturated heterocycles. The van der Waals surface area contributed by atoms with Gasteiger partial charge in [-0.15, -0.1) is 0 Å². The van der Waals surface area contributed by atoms with E-state index < -0.39 is 4.92 Å². The minimum absolute atomic E-state index is 0.106. The first-order valence-corrected chi connectivity index (χ1v) is 5.28. The third-order valence-electron chi connectivity index (χ3n) is 2.41. The Labute approximate surface area is 99.8 Å². The van der Waals surface area contributed by atoms with Crippen molar-refractivity contribution < 1.29 is 4.92 Å². The molecule has 0 aliphatic heterocycles. The maximum absolute atomic E-state index is 10.5. The Kier molecular flexibility index (Phi) is 4.45. The van der Waals surface area contributed by atoms with Gasteiger partial charge in [0.05, 0.1) is 23.5 Å². The van der Waals surface area contributed by atoms with Gasteiger partial charge in [0.1, 0.15) is 0 Å². The second kappa shape index (κ2) is 5.83. The van der Waals surface area contributed by atoms with Crippen LogP contribution < -0.4 is 0 Å². The standard InChI is InChI=1S/C11H16N4O2/c1-4-14(7-11-6-12-8-13-11)9(2)5-10(3)15(16)17/h5-6,8H,3-4,7H2,1-2H3,(H,12,13)/b9-5+. The Bertz CT molecular complexity index is 423. The zero-order valence-corrected chi connectivity index (χ0v) is 10.0. The van der Waals surface area contributed by atoms with Gasteiger partial charge in [0.25, 0.3) is 5.70 Å². The van der Waals surface area contributed by atoms with E-state index in [0.29, 0.717) is 6.54 Å². The summed E-state index contributed by atoms with van der Waals surface area (Å²) in [4.78, 5) is 18.9. The van der Waals surface area contributed by atoms with Gasteiger partial charge in [-0.05, 0) is 20.4 Å². The van der Waals surface area contributed by atoms with Gasteiger partial charge in [0.15, 0.2) is 0 Å². The Morgan fingerprint density at radius 1 is 1.76 bits per heavy atom. The highest BCUT2D eigenvalue weighted by Gasteiger charge is 2.09. The van der Waals surface area contributed by atoms with Crippen molar-refractivity contribution in [1.29, 1.82) is 0 Å². The van der Waals surface area contributed by atoms with Crippen LogP contribution in [0, 0.1) is 10.1 Å². The van der Waals surface area contributed by atoms with Crippen LogP contribution in [0.1, 0.15) is 19.5 Å². The summed E-state index contributed by atoms with van der Waals surface area (Å²) >= 11 is 0. The quantitative estimate of drug-likeness (QED) is 0.465. The molecule has 6 nitrogen and oxygen atoms in total. The zero-order chi connectivity index (χ0) is 12.8. The molecule has 0 unspecified atom stereocenters. The molecule has 0 radical (unpaired) electrons. The van der Waals surface area contributed by atoms with E-state index in [1.165, 1.54) is 6.08 Å². The highest BCUT2D eigenvalue weighted by Crippen LogP contribution is 2.10. The molecule has 0 bridgehead atoms. The van der Waals surface area contributed by atoms with Gasteiger partial charge in [-0.25, -0.2) is 4.98 Å². The number of imidazole rings is 1. The number of aromatic nitrogens is 2. The van der Waals surface area contributed by atoms with Crippen LogP contribution in [0.4, 0.5) is 0 Å². The first-order chi connectivity index (χ1) is 8.04. The molecule has 0 aliphatic carbocycles. The number of hydrogen-bond acceptors (Lipinski definition) is 4. The van der Waals surface area contributed by atoms with Gasteiger partial charge in [0.2, 0.25) is 0 Å². The van der Waals surface area contributed by atoms with E-state index in [4.69, 9.17) is 0 Å². The van der Waals surface area contributed by atoms with Crippen LogP contribution in [0.5, 0.6) is 0 Å². The van der Waals surface area contributed by atoms with Gasteiger partial charge in [-0.1, -0.05) is 0 Å². The molecule has 0 spiro atoms. The van der Waals surface area contributed by atoms with Crippen molar-refractivity contribution in [1.82, 2.24) is 14.9 Å². The van der Waals surface area contributed by atoms with E-state index >= 15 is 0 Å². The molecule has 17 heavy (non-hydrogen) atoms. The van der Waals surface area contributed by atoms with Crippen LogP contribution in [0.15, 0.2) is 36.6 Å². The minimum atomic E-state index is -0.493. The first kappa shape index (κ1) is 13.0. The lowest BCUT2D eigenvalue weighted by Gasteiger charge is -2.22. The minimum Gasteiger partial charge on any atom is -0.369 e. The molecule has 1 aromatic heterocycles. The molecular weight excluding hydrogens is 220 g/mol. The molecule has 0 amide bonds. The van der Waals surface area contributed by atoms with Gasteiger partial charge in [-0.3, -0.25) is 10.1 Å². The van der Waals surface area contributed by atoms with Crippen LogP contribution in [-0.4, -0.2) is 26.3 Å². The number of hydrogen-bond donors (Lipinski definition) is 1. The van der Waals surface area contributed by atoms with Gasteiger partial charge < -0.3 is 9.88 Å². The molecule has 6 heteroatoms. The number of aromatic amines is 1. The van der Waals surface area contributed by atoms with Crippen LogP contribution in [0.25, 0.3) is 0 Å². The van der Waals surface area contributed by atoms with Crippen molar-refractivity contribution in [2.24, 2.45) is 0 Å². The number of nitro groups is 1. The smallest absolute Gasteiger partial charge is 0.264 e. The third-order valence-corrected chi connectivity index (χ3v) is 2.41. The number of allylic oxidation sites excluding steroid dienone is 2. The summed E-state index contributed by atoms with van der Waals surface area (Å²) in [7, 11) is 0. The summed E-state index contributed by atoms with van der Waals surface area (Å²) in [6.07, 6.45) is 4.82. The van der Waals surface area contributed by atoms with Crippen LogP contribution in [0.3, 0.4) is 0 Å². The molecule has 0 aliphatic rings. The summed E-state index contributed by atoms with van der Waals surface area (Å²) in [5.41, 5.74) is 1.67. The highest BCUT2D eigenvalue weighted by molar-refractivity contribution is 5.13. The van der Waals surface area contributed by atoms with Crippen molar-refractivity contribution in [2.75, 3.05) is 6.54 Å². The summed E-state index contributed by atoms with van der Waals surface area (Å²) in [6, 6.07) is 0. The summed E-state index contributed by atoms with van der Waals surface area (Å²) in [5.74, 6) is 0. The molecule has 92 valence electrons. The van der Waals surface area contributed by atoms with Crippen molar-refractivity contribution in [3.8, 4) is 0 Å². The topological polar surface area (TPSA) is 75.1 Å². The lowest BCUT2D eigenvalue weighted by atomic mass is 10.3. The Morgan fingerprint density at radius 3 is 2.94 bits per heavy atom. The van der Waals surface area contributed by atoms with Gasteiger partial charge >= 0.3 is 0 Å². The second-order valence-corrected chi connectivity index (χ2v) is 3.63. The second-order valence-electron chi connectivity index (χ2n) is 3.63. The lowest BCUT2D eigenvalue weighted by molar-refractivity contribution is -0.418. The molecule has 1 aromatic rings. The van der Waals surface area contributed by atoms with Gasteiger partial charge in [-0.2, -0.15) is 0 Å². The molecule has 1 N–H and O–H groups in total. The van der Waals surface area contributed by atoms with E-state index in [2.05, 4.69) is 16.5 Å². The predicted molar refractivity (Wildman–Crippen MR) is 64.6 cm³/mol. The first-order valence-electron chi connectivity index (χ1n) is 5.28. The summed E-state index contributed by atoms with van der Waals surface area (Å²) < 4.78 is 0. The number of rotatable bonds is 6. The Hall–Kier alpha value is -2.11. The fourth-order valence-electron chi connectivity index (χ4n) is 1.45. The van der Waals surface area contributed by atoms with Gasteiger partial charge in [0, 0.05) is 24.5 Å². The molecule has 0 atom stereocenters.